The third kappa shape index (κ3) is 3.67. The van der Waals surface area contributed by atoms with E-state index in [0.29, 0.717) is 28.6 Å². The second-order valence-electron chi connectivity index (χ2n) is 4.75. The van der Waals surface area contributed by atoms with Crippen LogP contribution < -0.4 is 10.5 Å². The molecule has 0 aliphatic heterocycles. The minimum atomic E-state index is -0.144. The number of halogens is 1. The van der Waals surface area contributed by atoms with Crippen molar-refractivity contribution in [3.8, 4) is 5.75 Å². The van der Waals surface area contributed by atoms with Crippen LogP contribution in [-0.2, 0) is 6.54 Å². The Hall–Kier alpha value is -2.20. The first-order valence-electron chi connectivity index (χ1n) is 6.44. The summed E-state index contributed by atoms with van der Waals surface area (Å²) in [4.78, 5) is 14.1. The fraction of sp³-hybridized carbons (Fsp3) is 0.188. The smallest absolute Gasteiger partial charge is 0.257 e. The maximum absolute atomic E-state index is 12.5. The summed E-state index contributed by atoms with van der Waals surface area (Å²) in [6.45, 7) is 0.480. The summed E-state index contributed by atoms with van der Waals surface area (Å²) < 4.78 is 5.22. The van der Waals surface area contributed by atoms with Crippen molar-refractivity contribution in [1.82, 2.24) is 4.90 Å². The van der Waals surface area contributed by atoms with Gasteiger partial charge in [-0.25, -0.2) is 0 Å². The van der Waals surface area contributed by atoms with Gasteiger partial charge in [-0.3, -0.25) is 4.79 Å². The van der Waals surface area contributed by atoms with Gasteiger partial charge in [0, 0.05) is 24.3 Å². The molecule has 0 saturated carbocycles. The van der Waals surface area contributed by atoms with Crippen LogP contribution in [-0.4, -0.2) is 25.0 Å². The number of carbonyl (C=O) groups is 1. The van der Waals surface area contributed by atoms with Crippen LogP contribution in [0.2, 0.25) is 5.02 Å². The molecule has 2 aromatic carbocycles. The number of ether oxygens (including phenoxy) is 1. The molecule has 0 unspecified atom stereocenters. The van der Waals surface area contributed by atoms with E-state index in [1.165, 1.54) is 7.11 Å². The van der Waals surface area contributed by atoms with Crippen molar-refractivity contribution in [2.75, 3.05) is 19.9 Å². The van der Waals surface area contributed by atoms with Gasteiger partial charge in [0.25, 0.3) is 5.91 Å². The summed E-state index contributed by atoms with van der Waals surface area (Å²) in [6, 6.07) is 12.4. The standard InChI is InChI=1S/C16H17ClN2O2/c1-19(10-11-3-5-12(17)6-4-11)16(20)14-9-13(18)7-8-15(14)21-2/h3-9H,10,18H2,1-2H3. The second-order valence-corrected chi connectivity index (χ2v) is 5.18. The van der Waals surface area contributed by atoms with E-state index in [4.69, 9.17) is 22.1 Å². The molecule has 2 aromatic rings. The van der Waals surface area contributed by atoms with Crippen molar-refractivity contribution >= 4 is 23.2 Å². The summed E-state index contributed by atoms with van der Waals surface area (Å²) in [5, 5.41) is 0.672. The SMILES string of the molecule is COc1ccc(N)cc1C(=O)N(C)Cc1ccc(Cl)cc1. The molecule has 0 spiro atoms. The average molecular weight is 305 g/mol. The first kappa shape index (κ1) is 15.2. The molecular formula is C16H17ClN2O2. The maximum Gasteiger partial charge on any atom is 0.257 e. The van der Waals surface area contributed by atoms with Crippen LogP contribution in [0.4, 0.5) is 5.69 Å². The van der Waals surface area contributed by atoms with Gasteiger partial charge in [0.05, 0.1) is 12.7 Å². The fourth-order valence-electron chi connectivity index (χ4n) is 2.03. The molecule has 0 saturated heterocycles. The number of nitrogen functional groups attached to an aromatic ring is 1. The highest BCUT2D eigenvalue weighted by atomic mass is 35.5. The summed E-state index contributed by atoms with van der Waals surface area (Å²) in [6.07, 6.45) is 0. The van der Waals surface area contributed by atoms with Gasteiger partial charge in [0.1, 0.15) is 5.75 Å². The Bertz CT molecular complexity index is 641. The maximum atomic E-state index is 12.5. The number of hydrogen-bond acceptors (Lipinski definition) is 3. The van der Waals surface area contributed by atoms with E-state index in [1.807, 2.05) is 12.1 Å². The van der Waals surface area contributed by atoms with Crippen LogP contribution in [0.5, 0.6) is 5.75 Å². The number of rotatable bonds is 4. The van der Waals surface area contributed by atoms with Crippen LogP contribution in [0.25, 0.3) is 0 Å². The molecule has 0 aliphatic rings. The molecule has 0 radical (unpaired) electrons. The van der Waals surface area contributed by atoms with Crippen molar-refractivity contribution in [3.05, 3.63) is 58.6 Å². The first-order valence-corrected chi connectivity index (χ1v) is 6.82. The molecule has 0 aromatic heterocycles. The number of nitrogens with zero attached hydrogens (tertiary/aromatic N) is 1. The van der Waals surface area contributed by atoms with Crippen LogP contribution in [0.3, 0.4) is 0 Å². The highest BCUT2D eigenvalue weighted by molar-refractivity contribution is 6.30. The third-order valence-electron chi connectivity index (χ3n) is 3.13. The van der Waals surface area contributed by atoms with E-state index in [9.17, 15) is 4.79 Å². The summed E-state index contributed by atoms with van der Waals surface area (Å²) in [5.41, 5.74) is 7.73. The summed E-state index contributed by atoms with van der Waals surface area (Å²) in [5.74, 6) is 0.367. The molecule has 0 fully saturated rings. The summed E-state index contributed by atoms with van der Waals surface area (Å²) >= 11 is 5.85. The van der Waals surface area contributed by atoms with E-state index >= 15 is 0 Å². The molecule has 0 aliphatic carbocycles. The molecule has 0 bridgehead atoms. The minimum absolute atomic E-state index is 0.144. The van der Waals surface area contributed by atoms with Crippen molar-refractivity contribution in [3.63, 3.8) is 0 Å². The lowest BCUT2D eigenvalue weighted by Crippen LogP contribution is -2.26. The first-order chi connectivity index (χ1) is 10.0. The lowest BCUT2D eigenvalue weighted by molar-refractivity contribution is 0.0782. The number of amides is 1. The molecule has 1 amide bonds. The number of benzene rings is 2. The molecular weight excluding hydrogens is 288 g/mol. The van der Waals surface area contributed by atoms with Gasteiger partial charge in [0.2, 0.25) is 0 Å². The molecule has 0 atom stereocenters. The lowest BCUT2D eigenvalue weighted by Gasteiger charge is -2.19. The Kier molecular flexibility index (Phi) is 4.70. The molecule has 0 heterocycles. The van der Waals surface area contributed by atoms with Gasteiger partial charge >= 0.3 is 0 Å². The van der Waals surface area contributed by atoms with Crippen molar-refractivity contribution < 1.29 is 9.53 Å². The van der Waals surface area contributed by atoms with Crippen LogP contribution in [0.1, 0.15) is 15.9 Å². The predicted octanol–water partition coefficient (Wildman–Crippen LogP) is 3.20. The molecule has 2 rings (SSSR count). The van der Waals surface area contributed by atoms with Crippen LogP contribution in [0, 0.1) is 0 Å². The van der Waals surface area contributed by atoms with Gasteiger partial charge in [-0.2, -0.15) is 0 Å². The van der Waals surface area contributed by atoms with Gasteiger partial charge in [-0.15, -0.1) is 0 Å². The normalized spacial score (nSPS) is 10.2. The van der Waals surface area contributed by atoms with E-state index in [-0.39, 0.29) is 5.91 Å². The van der Waals surface area contributed by atoms with Crippen molar-refractivity contribution in [2.45, 2.75) is 6.54 Å². The van der Waals surface area contributed by atoms with Crippen LogP contribution in [0.15, 0.2) is 42.5 Å². The Morgan fingerprint density at radius 1 is 1.24 bits per heavy atom. The van der Waals surface area contributed by atoms with Gasteiger partial charge < -0.3 is 15.4 Å². The van der Waals surface area contributed by atoms with Crippen molar-refractivity contribution in [2.24, 2.45) is 0 Å². The summed E-state index contributed by atoms with van der Waals surface area (Å²) in [7, 11) is 3.26. The van der Waals surface area contributed by atoms with E-state index in [1.54, 1.807) is 42.3 Å². The van der Waals surface area contributed by atoms with Gasteiger partial charge in [0.15, 0.2) is 0 Å². The topological polar surface area (TPSA) is 55.6 Å². The van der Waals surface area contributed by atoms with Crippen LogP contribution >= 0.6 is 11.6 Å². The Labute approximate surface area is 129 Å². The number of hydrogen-bond donors (Lipinski definition) is 1. The van der Waals surface area contributed by atoms with Crippen molar-refractivity contribution in [1.29, 1.82) is 0 Å². The number of methoxy groups -OCH3 is 1. The zero-order chi connectivity index (χ0) is 15.4. The van der Waals surface area contributed by atoms with E-state index in [0.717, 1.165) is 5.56 Å². The third-order valence-corrected chi connectivity index (χ3v) is 3.39. The highest BCUT2D eigenvalue weighted by Gasteiger charge is 2.17. The van der Waals surface area contributed by atoms with E-state index in [2.05, 4.69) is 0 Å². The molecule has 110 valence electrons. The molecule has 4 nitrogen and oxygen atoms in total. The monoisotopic (exact) mass is 304 g/mol. The largest absolute Gasteiger partial charge is 0.496 e. The fourth-order valence-corrected chi connectivity index (χ4v) is 2.16. The minimum Gasteiger partial charge on any atom is -0.496 e. The van der Waals surface area contributed by atoms with E-state index < -0.39 is 0 Å². The van der Waals surface area contributed by atoms with Gasteiger partial charge in [-0.05, 0) is 35.9 Å². The molecule has 2 N–H and O–H groups in total. The second kappa shape index (κ2) is 6.50. The number of nitrogens with two attached hydrogens (primary N) is 1. The zero-order valence-corrected chi connectivity index (χ0v) is 12.7. The predicted molar refractivity (Wildman–Crippen MR) is 84.7 cm³/mol. The molecule has 5 heteroatoms. The highest BCUT2D eigenvalue weighted by Crippen LogP contribution is 2.23. The zero-order valence-electron chi connectivity index (χ0n) is 12.0. The Morgan fingerprint density at radius 3 is 2.52 bits per heavy atom. The Balaban J connectivity index is 2.19. The quantitative estimate of drug-likeness (QED) is 0.883. The average Bonchev–Trinajstić information content (AvgIpc) is 2.48. The molecule has 21 heavy (non-hydrogen) atoms. The number of carbonyl (C=O) groups excluding carboxylic acids is 1. The number of anilines is 1. The lowest BCUT2D eigenvalue weighted by atomic mass is 10.1. The van der Waals surface area contributed by atoms with Gasteiger partial charge in [-0.1, -0.05) is 23.7 Å². The Morgan fingerprint density at radius 2 is 1.90 bits per heavy atom.